The van der Waals surface area contributed by atoms with Crippen molar-refractivity contribution in [3.8, 4) is 11.8 Å². The number of halogens is 1. The normalized spacial score (nSPS) is 28.8. The quantitative estimate of drug-likeness (QED) is 0.398. The molecule has 2 bridgehead atoms. The Hall–Kier alpha value is -2.18. The van der Waals surface area contributed by atoms with Crippen molar-refractivity contribution in [3.05, 3.63) is 40.0 Å². The predicted octanol–water partition coefficient (Wildman–Crippen LogP) is 6.74. The van der Waals surface area contributed by atoms with Crippen molar-refractivity contribution in [1.29, 1.82) is 0 Å². The molecule has 2 N–H and O–H groups in total. The number of aromatic hydroxyl groups is 2. The van der Waals surface area contributed by atoms with Gasteiger partial charge in [-0.25, -0.2) is 0 Å². The molecule has 0 spiro atoms. The lowest BCUT2D eigenvalue weighted by molar-refractivity contribution is 0.116. The number of hydrogen-bond acceptors (Lipinski definition) is 5. The van der Waals surface area contributed by atoms with Crippen LogP contribution in [0.25, 0.3) is 11.0 Å². The van der Waals surface area contributed by atoms with Crippen molar-refractivity contribution in [2.45, 2.75) is 82.1 Å². The van der Waals surface area contributed by atoms with E-state index in [4.69, 9.17) is 16.1 Å². The number of nitrogens with zero attached hydrogens (tertiary/aromatic N) is 3. The summed E-state index contributed by atoms with van der Waals surface area (Å²) in [5.41, 5.74) is 4.00. The molecule has 1 saturated heterocycles. The molecule has 36 heavy (non-hydrogen) atoms. The van der Waals surface area contributed by atoms with Crippen LogP contribution in [-0.4, -0.2) is 44.5 Å². The fourth-order valence-electron chi connectivity index (χ4n) is 8.06. The van der Waals surface area contributed by atoms with Gasteiger partial charge in [0.05, 0.1) is 5.69 Å². The van der Waals surface area contributed by atoms with Gasteiger partial charge in [0.25, 0.3) is 0 Å². The van der Waals surface area contributed by atoms with Gasteiger partial charge < -0.3 is 19.6 Å². The monoisotopic (exact) mass is 509 g/mol. The van der Waals surface area contributed by atoms with Crippen LogP contribution in [0.4, 0.5) is 0 Å². The number of piperidine rings is 1. The van der Waals surface area contributed by atoms with Gasteiger partial charge in [0, 0.05) is 46.6 Å². The van der Waals surface area contributed by atoms with Crippen LogP contribution in [-0.2, 0) is 6.54 Å². The molecule has 7 rings (SSSR count). The highest BCUT2D eigenvalue weighted by atomic mass is 35.5. The van der Waals surface area contributed by atoms with Crippen molar-refractivity contribution < 1.29 is 14.7 Å². The summed E-state index contributed by atoms with van der Waals surface area (Å²) in [6, 6.07) is 5.81. The molecule has 6 nitrogen and oxygen atoms in total. The smallest absolute Gasteiger partial charge is 0.197 e. The third kappa shape index (κ3) is 3.75. The minimum Gasteiger partial charge on any atom is -0.494 e. The summed E-state index contributed by atoms with van der Waals surface area (Å²) in [6.07, 6.45) is 10.6. The van der Waals surface area contributed by atoms with E-state index in [2.05, 4.69) is 10.1 Å². The predicted molar refractivity (Wildman–Crippen MR) is 140 cm³/mol. The average Bonchev–Trinajstić information content (AvgIpc) is 3.66. The Morgan fingerprint density at radius 3 is 2.22 bits per heavy atom. The number of aromatic nitrogens is 2. The van der Waals surface area contributed by atoms with Gasteiger partial charge in [-0.1, -0.05) is 29.6 Å². The first-order chi connectivity index (χ1) is 17.6. The van der Waals surface area contributed by atoms with E-state index in [0.717, 1.165) is 86.1 Å². The van der Waals surface area contributed by atoms with Crippen LogP contribution in [0.5, 0.6) is 11.8 Å². The molecule has 1 aliphatic heterocycles. The Kier molecular flexibility index (Phi) is 5.73. The lowest BCUT2D eigenvalue weighted by Crippen LogP contribution is -2.40. The molecular formula is C29H36ClN3O3. The standard InChI is InChI=1S/C29H36ClN3O3/c30-22-7-8-23-24(14-22)36-31-27(23)17-9-11-32(12-10-17)15-20-3-1-2-4-21(20)16-33-28(34)25-18-5-6-19(13-18)26(25)29(33)35/h7-8,14,17-21,34-35H,1-6,9-13,15-16H2/t18?,19?,20-,21-/m0/s1. The Morgan fingerprint density at radius 2 is 1.53 bits per heavy atom. The van der Waals surface area contributed by atoms with Crippen molar-refractivity contribution in [2.75, 3.05) is 19.6 Å². The van der Waals surface area contributed by atoms with Crippen molar-refractivity contribution in [1.82, 2.24) is 14.6 Å². The van der Waals surface area contributed by atoms with Crippen LogP contribution >= 0.6 is 11.6 Å². The van der Waals surface area contributed by atoms with Crippen molar-refractivity contribution in [2.24, 2.45) is 11.8 Å². The molecule has 3 aromatic rings. The molecule has 3 fully saturated rings. The maximum Gasteiger partial charge on any atom is 0.197 e. The first-order valence-electron chi connectivity index (χ1n) is 14.0. The maximum atomic E-state index is 11.1. The molecule has 2 aromatic heterocycles. The molecular weight excluding hydrogens is 474 g/mol. The van der Waals surface area contributed by atoms with Crippen LogP contribution in [0, 0.1) is 11.8 Å². The molecule has 192 valence electrons. The molecule has 2 unspecified atom stereocenters. The third-order valence-electron chi connectivity index (χ3n) is 9.94. The van der Waals surface area contributed by atoms with E-state index in [-0.39, 0.29) is 0 Å². The fourth-order valence-corrected chi connectivity index (χ4v) is 8.22. The SMILES string of the molecule is Oc1c2c(c(O)n1C[C@@H]1CCCC[C@H]1CN1CCC(c3noc4cc(Cl)ccc34)CC1)C1CCC2C1. The molecule has 4 atom stereocenters. The minimum atomic E-state index is 0.362. The molecule has 0 radical (unpaired) electrons. The number of hydrogen-bond donors (Lipinski definition) is 2. The Labute approximate surface area is 217 Å². The molecule has 7 heteroatoms. The van der Waals surface area contributed by atoms with Gasteiger partial charge in [-0.3, -0.25) is 4.57 Å². The zero-order valence-corrected chi connectivity index (χ0v) is 21.6. The second kappa shape index (κ2) is 8.98. The summed E-state index contributed by atoms with van der Waals surface area (Å²) in [4.78, 5) is 2.63. The highest BCUT2D eigenvalue weighted by Gasteiger charge is 2.44. The maximum absolute atomic E-state index is 11.1. The van der Waals surface area contributed by atoms with E-state index in [1.165, 1.54) is 25.7 Å². The average molecular weight is 510 g/mol. The molecule has 4 aliphatic rings. The largest absolute Gasteiger partial charge is 0.494 e. The van der Waals surface area contributed by atoms with Gasteiger partial charge in [0.2, 0.25) is 0 Å². The van der Waals surface area contributed by atoms with E-state index in [1.807, 2.05) is 22.8 Å². The lowest BCUT2D eigenvalue weighted by Gasteiger charge is -2.38. The number of rotatable bonds is 5. The highest BCUT2D eigenvalue weighted by Crippen LogP contribution is 2.60. The second-order valence-corrected chi connectivity index (χ2v) is 12.3. The summed E-state index contributed by atoms with van der Waals surface area (Å²) >= 11 is 6.12. The first-order valence-corrected chi connectivity index (χ1v) is 14.4. The summed E-state index contributed by atoms with van der Waals surface area (Å²) in [5.74, 6) is 3.18. The second-order valence-electron chi connectivity index (χ2n) is 11.9. The van der Waals surface area contributed by atoms with Crippen LogP contribution in [0.15, 0.2) is 22.7 Å². The van der Waals surface area contributed by atoms with Gasteiger partial charge in [0.15, 0.2) is 17.3 Å². The fraction of sp³-hybridized carbons (Fsp3) is 0.621. The van der Waals surface area contributed by atoms with E-state index in [1.54, 1.807) is 0 Å². The molecule has 3 heterocycles. The third-order valence-corrected chi connectivity index (χ3v) is 10.2. The van der Waals surface area contributed by atoms with Crippen LogP contribution in [0.1, 0.15) is 92.4 Å². The summed E-state index contributed by atoms with van der Waals surface area (Å²) in [7, 11) is 0. The van der Waals surface area contributed by atoms with Crippen LogP contribution in [0.3, 0.4) is 0 Å². The van der Waals surface area contributed by atoms with Gasteiger partial charge in [-0.05, 0) is 93.8 Å². The molecule has 0 amide bonds. The van der Waals surface area contributed by atoms with E-state index in [0.29, 0.717) is 46.4 Å². The van der Waals surface area contributed by atoms with E-state index in [9.17, 15) is 10.2 Å². The van der Waals surface area contributed by atoms with E-state index >= 15 is 0 Å². The zero-order valence-electron chi connectivity index (χ0n) is 20.8. The van der Waals surface area contributed by atoms with Crippen molar-refractivity contribution >= 4 is 22.6 Å². The Morgan fingerprint density at radius 1 is 0.861 bits per heavy atom. The van der Waals surface area contributed by atoms with Crippen LogP contribution < -0.4 is 0 Å². The van der Waals surface area contributed by atoms with Gasteiger partial charge in [0.1, 0.15) is 0 Å². The topological polar surface area (TPSA) is 74.7 Å². The zero-order chi connectivity index (χ0) is 24.4. The van der Waals surface area contributed by atoms with Crippen LogP contribution in [0.2, 0.25) is 5.02 Å². The Bertz CT molecular complexity index is 1240. The summed E-state index contributed by atoms with van der Waals surface area (Å²) in [5, 5.41) is 28.3. The minimum absolute atomic E-state index is 0.362. The first kappa shape index (κ1) is 23.0. The molecule has 2 saturated carbocycles. The number of likely N-dealkylation sites (tertiary alicyclic amines) is 1. The lowest BCUT2D eigenvalue weighted by atomic mass is 9.78. The number of benzene rings is 1. The molecule has 3 aliphatic carbocycles. The molecule has 1 aromatic carbocycles. The summed E-state index contributed by atoms with van der Waals surface area (Å²) < 4.78 is 7.44. The van der Waals surface area contributed by atoms with Gasteiger partial charge >= 0.3 is 0 Å². The van der Waals surface area contributed by atoms with Gasteiger partial charge in [-0.15, -0.1) is 0 Å². The Balaban J connectivity index is 1.02. The summed E-state index contributed by atoms with van der Waals surface area (Å²) in [6.45, 7) is 4.01. The highest BCUT2D eigenvalue weighted by molar-refractivity contribution is 6.31. The van der Waals surface area contributed by atoms with Crippen molar-refractivity contribution in [3.63, 3.8) is 0 Å². The number of fused-ring (bicyclic) bond motifs is 6. The van der Waals surface area contributed by atoms with Gasteiger partial charge in [-0.2, -0.15) is 0 Å². The van der Waals surface area contributed by atoms with E-state index < -0.39 is 0 Å².